The number of carbonyl (C=O) groups excluding carboxylic acids is 1. The van der Waals surface area contributed by atoms with Crippen molar-refractivity contribution in [2.75, 3.05) is 20.3 Å². The molecule has 0 radical (unpaired) electrons. The van der Waals surface area contributed by atoms with Gasteiger partial charge in [0.05, 0.1) is 5.56 Å². The lowest BCUT2D eigenvalue weighted by molar-refractivity contribution is 0.0916. The average Bonchev–Trinajstić information content (AvgIpc) is 2.37. The Morgan fingerprint density at radius 2 is 2.11 bits per heavy atom. The van der Waals surface area contributed by atoms with E-state index in [-0.39, 0.29) is 16.9 Å². The number of benzene rings is 1. The van der Waals surface area contributed by atoms with Crippen molar-refractivity contribution in [2.45, 2.75) is 27.2 Å². The smallest absolute Gasteiger partial charge is 0.254 e. The molecule has 0 aromatic heterocycles. The lowest BCUT2D eigenvalue weighted by atomic mass is 9.89. The molecule has 0 saturated heterocycles. The van der Waals surface area contributed by atoms with Crippen molar-refractivity contribution < 1.29 is 13.9 Å². The number of hydrogen-bond acceptors (Lipinski definition) is 2. The fourth-order valence-electron chi connectivity index (χ4n) is 1.70. The fraction of sp³-hybridized carbons (Fsp3) is 0.533. The molecule has 1 N–H and O–H groups in total. The highest BCUT2D eigenvalue weighted by Crippen LogP contribution is 2.19. The third-order valence-electron chi connectivity index (χ3n) is 3.15. The summed E-state index contributed by atoms with van der Waals surface area (Å²) >= 11 is 0. The molecule has 19 heavy (non-hydrogen) atoms. The van der Waals surface area contributed by atoms with Crippen LogP contribution in [0.1, 0.15) is 36.2 Å². The second-order valence-electron chi connectivity index (χ2n) is 5.53. The summed E-state index contributed by atoms with van der Waals surface area (Å²) in [7, 11) is 1.65. The molecule has 1 aromatic rings. The van der Waals surface area contributed by atoms with Gasteiger partial charge in [-0.3, -0.25) is 4.79 Å². The molecule has 0 atom stereocenters. The van der Waals surface area contributed by atoms with Crippen LogP contribution in [0.15, 0.2) is 18.2 Å². The molecule has 0 heterocycles. The van der Waals surface area contributed by atoms with Crippen LogP contribution in [0.3, 0.4) is 0 Å². The molecule has 0 aliphatic heterocycles. The van der Waals surface area contributed by atoms with Gasteiger partial charge in [-0.05, 0) is 30.4 Å². The third-order valence-corrected chi connectivity index (χ3v) is 3.15. The van der Waals surface area contributed by atoms with Crippen molar-refractivity contribution in [2.24, 2.45) is 5.41 Å². The van der Waals surface area contributed by atoms with Gasteiger partial charge >= 0.3 is 0 Å². The normalized spacial score (nSPS) is 11.4. The maximum absolute atomic E-state index is 13.8. The zero-order chi connectivity index (χ0) is 14.5. The second kappa shape index (κ2) is 6.66. The Kier molecular flexibility index (Phi) is 5.48. The van der Waals surface area contributed by atoms with Crippen LogP contribution < -0.4 is 5.32 Å². The van der Waals surface area contributed by atoms with Crippen molar-refractivity contribution in [3.05, 3.63) is 35.1 Å². The lowest BCUT2D eigenvalue weighted by Crippen LogP contribution is -2.35. The quantitative estimate of drug-likeness (QED) is 0.860. The van der Waals surface area contributed by atoms with Gasteiger partial charge < -0.3 is 10.1 Å². The molecule has 0 spiro atoms. The van der Waals surface area contributed by atoms with Crippen molar-refractivity contribution in [3.63, 3.8) is 0 Å². The number of rotatable bonds is 6. The van der Waals surface area contributed by atoms with E-state index in [9.17, 15) is 9.18 Å². The van der Waals surface area contributed by atoms with Crippen LogP contribution in [0.25, 0.3) is 0 Å². The van der Waals surface area contributed by atoms with E-state index < -0.39 is 5.82 Å². The van der Waals surface area contributed by atoms with Gasteiger partial charge in [-0.1, -0.05) is 26.0 Å². The molecule has 0 aliphatic rings. The van der Waals surface area contributed by atoms with Gasteiger partial charge in [0.25, 0.3) is 5.91 Å². The van der Waals surface area contributed by atoms with Gasteiger partial charge in [0.2, 0.25) is 0 Å². The van der Waals surface area contributed by atoms with Gasteiger partial charge in [0.15, 0.2) is 0 Å². The summed E-state index contributed by atoms with van der Waals surface area (Å²) in [5.41, 5.74) is 0.500. The zero-order valence-electron chi connectivity index (χ0n) is 12.0. The number of nitrogens with one attached hydrogen (secondary N) is 1. The molecule has 4 heteroatoms. The van der Waals surface area contributed by atoms with Crippen LogP contribution in [0, 0.1) is 18.2 Å². The van der Waals surface area contributed by atoms with Crippen LogP contribution in [0.2, 0.25) is 0 Å². The summed E-state index contributed by atoms with van der Waals surface area (Å²) in [5, 5.41) is 2.78. The number of halogens is 1. The summed E-state index contributed by atoms with van der Waals surface area (Å²) in [4.78, 5) is 12.0. The number of carbonyl (C=O) groups is 1. The summed E-state index contributed by atoms with van der Waals surface area (Å²) in [6.45, 7) is 6.86. The lowest BCUT2D eigenvalue weighted by Gasteiger charge is -2.24. The Balaban J connectivity index is 2.63. The van der Waals surface area contributed by atoms with Crippen LogP contribution in [-0.2, 0) is 4.74 Å². The molecule has 3 nitrogen and oxygen atoms in total. The summed E-state index contributed by atoms with van der Waals surface area (Å²) < 4.78 is 18.8. The maximum atomic E-state index is 13.8. The van der Waals surface area contributed by atoms with Crippen LogP contribution in [-0.4, -0.2) is 26.2 Å². The fourth-order valence-corrected chi connectivity index (χ4v) is 1.70. The number of ether oxygens (including phenoxy) is 1. The van der Waals surface area contributed by atoms with Gasteiger partial charge in [-0.2, -0.15) is 0 Å². The number of aryl methyl sites for hydroxylation is 1. The minimum absolute atomic E-state index is 0.0774. The highest BCUT2D eigenvalue weighted by atomic mass is 19.1. The Labute approximate surface area is 114 Å². The topological polar surface area (TPSA) is 38.3 Å². The first-order valence-electron chi connectivity index (χ1n) is 6.39. The predicted molar refractivity (Wildman–Crippen MR) is 73.7 cm³/mol. The number of hydrogen-bond donors (Lipinski definition) is 1. The minimum atomic E-state index is -0.449. The molecule has 0 bridgehead atoms. The maximum Gasteiger partial charge on any atom is 0.254 e. The van der Waals surface area contributed by atoms with Gasteiger partial charge in [0, 0.05) is 20.3 Å². The Morgan fingerprint density at radius 3 is 2.74 bits per heavy atom. The first-order chi connectivity index (χ1) is 8.87. The molecule has 106 valence electrons. The molecule has 1 aromatic carbocycles. The summed E-state index contributed by atoms with van der Waals surface area (Å²) in [5.74, 6) is -0.818. The van der Waals surface area contributed by atoms with Crippen molar-refractivity contribution in [1.82, 2.24) is 5.32 Å². The molecule has 0 aliphatic carbocycles. The Hall–Kier alpha value is -1.42. The van der Waals surface area contributed by atoms with Crippen LogP contribution in [0.4, 0.5) is 4.39 Å². The van der Waals surface area contributed by atoms with Crippen LogP contribution >= 0.6 is 0 Å². The van der Waals surface area contributed by atoms with Crippen molar-refractivity contribution in [1.29, 1.82) is 0 Å². The molecular weight excluding hydrogens is 245 g/mol. The molecule has 0 saturated carbocycles. The second-order valence-corrected chi connectivity index (χ2v) is 5.53. The van der Waals surface area contributed by atoms with E-state index in [0.717, 1.165) is 6.42 Å². The molecule has 1 amide bonds. The van der Waals surface area contributed by atoms with E-state index >= 15 is 0 Å². The van der Waals surface area contributed by atoms with Crippen molar-refractivity contribution in [3.8, 4) is 0 Å². The Bertz CT molecular complexity index is 444. The van der Waals surface area contributed by atoms with E-state index in [4.69, 9.17) is 4.74 Å². The molecule has 0 fully saturated rings. The third kappa shape index (κ3) is 4.63. The summed E-state index contributed by atoms with van der Waals surface area (Å²) in [6, 6.07) is 4.83. The largest absolute Gasteiger partial charge is 0.385 e. The molecule has 0 unspecified atom stereocenters. The standard InChI is InChI=1S/C15H22FNO2/c1-11-6-5-7-12(13(11)16)14(18)17-10-15(2,3)8-9-19-4/h5-7H,8-10H2,1-4H3,(H,17,18). The van der Waals surface area contributed by atoms with Gasteiger partial charge in [-0.25, -0.2) is 4.39 Å². The predicted octanol–water partition coefficient (Wildman–Crippen LogP) is 2.93. The first-order valence-corrected chi connectivity index (χ1v) is 6.39. The highest BCUT2D eigenvalue weighted by Gasteiger charge is 2.20. The zero-order valence-corrected chi connectivity index (χ0v) is 12.0. The Morgan fingerprint density at radius 1 is 1.42 bits per heavy atom. The monoisotopic (exact) mass is 267 g/mol. The van der Waals surface area contributed by atoms with E-state index in [2.05, 4.69) is 5.32 Å². The van der Waals surface area contributed by atoms with Crippen LogP contribution in [0.5, 0.6) is 0 Å². The van der Waals surface area contributed by atoms with Crippen molar-refractivity contribution >= 4 is 5.91 Å². The van der Waals surface area contributed by atoms with E-state index in [1.54, 1.807) is 26.2 Å². The molecular formula is C15H22FNO2. The highest BCUT2D eigenvalue weighted by molar-refractivity contribution is 5.94. The van der Waals surface area contributed by atoms with E-state index in [1.165, 1.54) is 6.07 Å². The molecule has 1 rings (SSSR count). The van der Waals surface area contributed by atoms with E-state index in [1.807, 2.05) is 13.8 Å². The van der Waals surface area contributed by atoms with Gasteiger partial charge in [0.1, 0.15) is 5.82 Å². The SMILES string of the molecule is COCCC(C)(C)CNC(=O)c1cccc(C)c1F. The van der Waals surface area contributed by atoms with E-state index in [0.29, 0.717) is 18.7 Å². The minimum Gasteiger partial charge on any atom is -0.385 e. The first kappa shape index (κ1) is 15.6. The average molecular weight is 267 g/mol. The summed E-state index contributed by atoms with van der Waals surface area (Å²) in [6.07, 6.45) is 0.833. The number of methoxy groups -OCH3 is 1. The number of amides is 1. The van der Waals surface area contributed by atoms with Gasteiger partial charge in [-0.15, -0.1) is 0 Å².